The van der Waals surface area contributed by atoms with Crippen molar-refractivity contribution in [2.75, 3.05) is 5.88 Å². The van der Waals surface area contributed by atoms with Gasteiger partial charge in [0.25, 0.3) is 0 Å². The summed E-state index contributed by atoms with van der Waals surface area (Å²) in [7, 11) is 0. The quantitative estimate of drug-likeness (QED) is 0.405. The molecule has 0 N–H and O–H groups in total. The van der Waals surface area contributed by atoms with Crippen molar-refractivity contribution in [2.45, 2.75) is 6.54 Å². The third-order valence-electron chi connectivity index (χ3n) is 3.42. The lowest BCUT2D eigenvalue weighted by Crippen LogP contribution is -2.10. The molecule has 0 atom stereocenters. The van der Waals surface area contributed by atoms with E-state index in [9.17, 15) is 4.79 Å². The zero-order valence-electron chi connectivity index (χ0n) is 10.9. The number of hydrogen-bond donors (Lipinski definition) is 0. The van der Waals surface area contributed by atoms with Gasteiger partial charge in [-0.15, -0.1) is 11.6 Å². The fourth-order valence-corrected chi connectivity index (χ4v) is 2.64. The first-order valence-electron chi connectivity index (χ1n) is 6.54. The number of fused-ring (bicyclic) bond motifs is 2. The molecule has 0 amide bonds. The van der Waals surface area contributed by atoms with Crippen LogP contribution in [0.4, 0.5) is 0 Å². The lowest BCUT2D eigenvalue weighted by Gasteiger charge is -2.13. The summed E-state index contributed by atoms with van der Waals surface area (Å²) in [5.74, 6) is 0.496. The highest BCUT2D eigenvalue weighted by Crippen LogP contribution is 2.19. The number of rotatable bonds is 3. The zero-order chi connectivity index (χ0) is 13.9. The van der Waals surface area contributed by atoms with E-state index < -0.39 is 0 Å². The molecule has 0 spiro atoms. The smallest absolute Gasteiger partial charge is 0.197 e. The summed E-state index contributed by atoms with van der Waals surface area (Å²) in [4.78, 5) is 12.5. The second-order valence-corrected chi connectivity index (χ2v) is 4.91. The molecular weight excluding hydrogens is 270 g/mol. The molecule has 0 aliphatic carbocycles. The molecule has 3 aromatic rings. The van der Waals surface area contributed by atoms with E-state index in [1.807, 2.05) is 60.7 Å². The van der Waals surface area contributed by atoms with Crippen LogP contribution in [0.2, 0.25) is 0 Å². The van der Waals surface area contributed by atoms with Crippen LogP contribution in [-0.2, 0) is 6.54 Å². The standard InChI is InChI=1S/C17H14ClNO/c18-11-5-6-12-19-15-9-3-1-7-13(15)17(20)14-8-2-4-10-16(14)19/h1-10H,11-12H2. The van der Waals surface area contributed by atoms with E-state index >= 15 is 0 Å². The lowest BCUT2D eigenvalue weighted by atomic mass is 10.1. The Hall–Kier alpha value is -2.06. The van der Waals surface area contributed by atoms with Crippen LogP contribution in [0.25, 0.3) is 21.8 Å². The maximum Gasteiger partial charge on any atom is 0.197 e. The Kier molecular flexibility index (Phi) is 3.57. The molecule has 2 nitrogen and oxygen atoms in total. The third-order valence-corrected chi connectivity index (χ3v) is 3.60. The molecule has 0 saturated carbocycles. The Morgan fingerprint density at radius 1 is 0.900 bits per heavy atom. The van der Waals surface area contributed by atoms with E-state index in [2.05, 4.69) is 4.57 Å². The molecule has 0 fully saturated rings. The van der Waals surface area contributed by atoms with E-state index in [1.54, 1.807) is 0 Å². The molecule has 0 bridgehead atoms. The second-order valence-electron chi connectivity index (χ2n) is 4.60. The fraction of sp³-hybridized carbons (Fsp3) is 0.118. The Labute approximate surface area is 121 Å². The summed E-state index contributed by atoms with van der Waals surface area (Å²) < 4.78 is 2.15. The summed E-state index contributed by atoms with van der Waals surface area (Å²) in [6.45, 7) is 0.702. The Morgan fingerprint density at radius 2 is 1.45 bits per heavy atom. The van der Waals surface area contributed by atoms with Crippen molar-refractivity contribution in [1.29, 1.82) is 0 Å². The summed E-state index contributed by atoms with van der Waals surface area (Å²) in [6, 6.07) is 15.4. The minimum Gasteiger partial charge on any atom is -0.336 e. The van der Waals surface area contributed by atoms with Gasteiger partial charge in [-0.25, -0.2) is 0 Å². The Morgan fingerprint density at radius 3 is 2.00 bits per heavy atom. The van der Waals surface area contributed by atoms with Crippen molar-refractivity contribution in [3.63, 3.8) is 0 Å². The van der Waals surface area contributed by atoms with Crippen LogP contribution >= 0.6 is 11.6 Å². The molecule has 1 aromatic heterocycles. The van der Waals surface area contributed by atoms with Gasteiger partial charge in [0.1, 0.15) is 0 Å². The first-order chi connectivity index (χ1) is 9.83. The SMILES string of the molecule is O=c1c2ccccc2n(CC=CCCl)c2ccccc12. The van der Waals surface area contributed by atoms with E-state index in [0.29, 0.717) is 12.4 Å². The molecule has 3 rings (SSSR count). The van der Waals surface area contributed by atoms with Gasteiger partial charge in [0.15, 0.2) is 5.43 Å². The second kappa shape index (κ2) is 5.51. The van der Waals surface area contributed by atoms with Gasteiger partial charge in [-0.3, -0.25) is 4.79 Å². The minimum atomic E-state index is 0.0915. The summed E-state index contributed by atoms with van der Waals surface area (Å²) >= 11 is 5.68. The number of nitrogens with zero attached hydrogens (tertiary/aromatic N) is 1. The number of pyridine rings is 1. The molecule has 0 aliphatic rings. The van der Waals surface area contributed by atoms with Crippen LogP contribution in [0.1, 0.15) is 0 Å². The number of hydrogen-bond acceptors (Lipinski definition) is 1. The van der Waals surface area contributed by atoms with E-state index in [0.717, 1.165) is 21.8 Å². The van der Waals surface area contributed by atoms with Crippen LogP contribution < -0.4 is 5.43 Å². The normalized spacial score (nSPS) is 11.7. The summed E-state index contributed by atoms with van der Waals surface area (Å²) in [5.41, 5.74) is 2.00. The van der Waals surface area contributed by atoms with Crippen LogP contribution in [0, 0.1) is 0 Å². The van der Waals surface area contributed by atoms with Crippen LogP contribution in [-0.4, -0.2) is 10.4 Å². The first kappa shape index (κ1) is 12.9. The van der Waals surface area contributed by atoms with Crippen LogP contribution in [0.15, 0.2) is 65.5 Å². The molecule has 100 valence electrons. The summed E-state index contributed by atoms with van der Waals surface area (Å²) in [6.07, 6.45) is 3.94. The topological polar surface area (TPSA) is 22.0 Å². The average molecular weight is 284 g/mol. The predicted octanol–water partition coefficient (Wildman–Crippen LogP) is 3.95. The van der Waals surface area contributed by atoms with Gasteiger partial charge in [0.05, 0.1) is 11.0 Å². The van der Waals surface area contributed by atoms with Gasteiger partial charge in [0.2, 0.25) is 0 Å². The highest BCUT2D eigenvalue weighted by molar-refractivity contribution is 6.18. The van der Waals surface area contributed by atoms with Gasteiger partial charge < -0.3 is 4.57 Å². The summed E-state index contributed by atoms with van der Waals surface area (Å²) in [5, 5.41) is 1.51. The van der Waals surface area contributed by atoms with Crippen LogP contribution in [0.3, 0.4) is 0 Å². The Bertz CT molecular complexity index is 788. The number of para-hydroxylation sites is 2. The highest BCUT2D eigenvalue weighted by Gasteiger charge is 2.08. The molecule has 0 saturated heterocycles. The predicted molar refractivity (Wildman–Crippen MR) is 85.6 cm³/mol. The number of allylic oxidation sites excluding steroid dienone is 2. The highest BCUT2D eigenvalue weighted by atomic mass is 35.5. The van der Waals surface area contributed by atoms with Crippen LogP contribution in [0.5, 0.6) is 0 Å². The largest absolute Gasteiger partial charge is 0.336 e. The Balaban J connectivity index is 2.40. The molecule has 0 aliphatic heterocycles. The van der Waals surface area contributed by atoms with Gasteiger partial charge in [-0.05, 0) is 24.3 Å². The maximum absolute atomic E-state index is 12.5. The third kappa shape index (κ3) is 2.12. The van der Waals surface area contributed by atoms with Crippen molar-refractivity contribution in [2.24, 2.45) is 0 Å². The van der Waals surface area contributed by atoms with Crippen molar-refractivity contribution in [1.82, 2.24) is 4.57 Å². The van der Waals surface area contributed by atoms with E-state index in [-0.39, 0.29) is 5.43 Å². The number of benzene rings is 2. The molecule has 0 radical (unpaired) electrons. The van der Waals surface area contributed by atoms with Crippen molar-refractivity contribution >= 4 is 33.4 Å². The molecule has 0 unspecified atom stereocenters. The van der Waals surface area contributed by atoms with E-state index in [1.165, 1.54) is 0 Å². The molecular formula is C17H14ClNO. The number of halogens is 1. The lowest BCUT2D eigenvalue weighted by molar-refractivity contribution is 0.890. The molecule has 2 aromatic carbocycles. The van der Waals surface area contributed by atoms with E-state index in [4.69, 9.17) is 11.6 Å². The van der Waals surface area contributed by atoms with Crippen molar-refractivity contribution in [3.8, 4) is 0 Å². The fourth-order valence-electron chi connectivity index (χ4n) is 2.52. The van der Waals surface area contributed by atoms with Gasteiger partial charge in [0, 0.05) is 23.2 Å². The molecule has 20 heavy (non-hydrogen) atoms. The minimum absolute atomic E-state index is 0.0915. The monoisotopic (exact) mass is 283 g/mol. The first-order valence-corrected chi connectivity index (χ1v) is 7.07. The van der Waals surface area contributed by atoms with Gasteiger partial charge in [-0.1, -0.05) is 36.4 Å². The number of alkyl halides is 1. The van der Waals surface area contributed by atoms with Gasteiger partial charge in [-0.2, -0.15) is 0 Å². The zero-order valence-corrected chi connectivity index (χ0v) is 11.7. The number of aromatic nitrogens is 1. The molecule has 1 heterocycles. The average Bonchev–Trinajstić information content (AvgIpc) is 2.51. The maximum atomic E-state index is 12.5. The van der Waals surface area contributed by atoms with Gasteiger partial charge >= 0.3 is 0 Å². The molecule has 3 heteroatoms. The van der Waals surface area contributed by atoms with Crippen molar-refractivity contribution < 1.29 is 0 Å². The van der Waals surface area contributed by atoms with Crippen molar-refractivity contribution in [3.05, 3.63) is 70.9 Å².